The number of fused-ring (bicyclic) bond motifs is 1. The topological polar surface area (TPSA) is 75.9 Å². The Morgan fingerprint density at radius 3 is 2.86 bits per heavy atom. The Kier molecular flexibility index (Phi) is 7.05. The summed E-state index contributed by atoms with van der Waals surface area (Å²) in [6.45, 7) is 5.85. The number of amides is 1. The highest BCUT2D eigenvalue weighted by atomic mass is 32.2. The monoisotopic (exact) mass is 432 g/mol. The molecule has 3 heterocycles. The van der Waals surface area contributed by atoms with E-state index in [4.69, 9.17) is 17.0 Å². The van der Waals surface area contributed by atoms with Crippen LogP contribution < -0.4 is 10.9 Å². The van der Waals surface area contributed by atoms with Crippen molar-refractivity contribution in [1.29, 1.82) is 0 Å². The molecule has 7 nitrogen and oxygen atoms in total. The van der Waals surface area contributed by atoms with Gasteiger partial charge in [0.1, 0.15) is 15.8 Å². The molecular formula is C20H24N4O3S2. The average Bonchev–Trinajstić information content (AvgIpc) is 2.96. The number of rotatable bonds is 8. The summed E-state index contributed by atoms with van der Waals surface area (Å²) in [5.41, 5.74) is 0.672. The van der Waals surface area contributed by atoms with E-state index in [9.17, 15) is 9.59 Å². The average molecular weight is 433 g/mol. The molecule has 2 aromatic rings. The van der Waals surface area contributed by atoms with Crippen LogP contribution in [0.1, 0.15) is 25.8 Å². The summed E-state index contributed by atoms with van der Waals surface area (Å²) in [6, 6.07) is 5.39. The minimum Gasteiger partial charge on any atom is -0.385 e. The Morgan fingerprint density at radius 1 is 1.34 bits per heavy atom. The van der Waals surface area contributed by atoms with Gasteiger partial charge in [0.2, 0.25) is 0 Å². The number of thioether (sulfide) groups is 1. The second kappa shape index (κ2) is 9.51. The van der Waals surface area contributed by atoms with E-state index >= 15 is 0 Å². The van der Waals surface area contributed by atoms with E-state index in [1.165, 1.54) is 16.2 Å². The summed E-state index contributed by atoms with van der Waals surface area (Å²) in [4.78, 5) is 32.5. The van der Waals surface area contributed by atoms with Gasteiger partial charge in [0, 0.05) is 33.0 Å². The predicted octanol–water partition coefficient (Wildman–Crippen LogP) is 3.00. The van der Waals surface area contributed by atoms with Gasteiger partial charge >= 0.3 is 0 Å². The molecular weight excluding hydrogens is 408 g/mol. The molecule has 0 aliphatic carbocycles. The molecule has 29 heavy (non-hydrogen) atoms. The number of anilines is 1. The molecule has 0 radical (unpaired) electrons. The Morgan fingerprint density at radius 2 is 2.14 bits per heavy atom. The van der Waals surface area contributed by atoms with Crippen molar-refractivity contribution in [2.45, 2.75) is 20.3 Å². The van der Waals surface area contributed by atoms with Crippen LogP contribution in [-0.2, 0) is 9.53 Å². The Hall–Kier alpha value is -2.23. The number of ether oxygens (including phenoxy) is 1. The highest BCUT2D eigenvalue weighted by molar-refractivity contribution is 8.26. The normalized spacial score (nSPS) is 15.9. The summed E-state index contributed by atoms with van der Waals surface area (Å²) in [6.07, 6.45) is 3.97. The maximum absolute atomic E-state index is 13.1. The first-order valence-corrected chi connectivity index (χ1v) is 10.6. The standard InChI is InChI=1S/C20H24N4O3S2/c1-13(2)12-21-17-14(18(25)23-8-5-4-7-16(23)22-17)11-15-19(26)24(20(28)29-15)9-6-10-27-3/h4-5,7-8,11,13,21H,6,9-10,12H2,1-3H3. The zero-order valence-electron chi connectivity index (χ0n) is 16.7. The highest BCUT2D eigenvalue weighted by Gasteiger charge is 2.32. The second-order valence-electron chi connectivity index (χ2n) is 7.06. The minimum atomic E-state index is -0.230. The molecule has 0 unspecified atom stereocenters. The number of nitrogens with one attached hydrogen (secondary N) is 1. The van der Waals surface area contributed by atoms with Crippen molar-refractivity contribution >= 4 is 51.7 Å². The number of thiocarbonyl (C=S) groups is 1. The van der Waals surface area contributed by atoms with Gasteiger partial charge in [-0.1, -0.05) is 43.9 Å². The van der Waals surface area contributed by atoms with Crippen molar-refractivity contribution in [3.63, 3.8) is 0 Å². The van der Waals surface area contributed by atoms with Crippen LogP contribution in [0.3, 0.4) is 0 Å². The van der Waals surface area contributed by atoms with Gasteiger partial charge in [-0.3, -0.25) is 18.9 Å². The molecule has 1 aliphatic rings. The van der Waals surface area contributed by atoms with Gasteiger partial charge in [-0.05, 0) is 30.5 Å². The number of carbonyl (C=O) groups excluding carboxylic acids is 1. The van der Waals surface area contributed by atoms with E-state index in [0.29, 0.717) is 58.3 Å². The van der Waals surface area contributed by atoms with Crippen LogP contribution in [0.4, 0.5) is 5.82 Å². The van der Waals surface area contributed by atoms with Crippen molar-refractivity contribution in [1.82, 2.24) is 14.3 Å². The third-order valence-corrected chi connectivity index (χ3v) is 5.70. The number of hydrogen-bond donors (Lipinski definition) is 1. The van der Waals surface area contributed by atoms with Crippen molar-refractivity contribution in [3.05, 3.63) is 45.2 Å². The van der Waals surface area contributed by atoms with Crippen molar-refractivity contribution in [2.24, 2.45) is 5.92 Å². The third-order valence-electron chi connectivity index (χ3n) is 4.33. The van der Waals surface area contributed by atoms with Crippen LogP contribution >= 0.6 is 24.0 Å². The minimum absolute atomic E-state index is 0.191. The van der Waals surface area contributed by atoms with Crippen LogP contribution in [0.5, 0.6) is 0 Å². The van der Waals surface area contributed by atoms with Gasteiger partial charge in [0.05, 0.1) is 10.5 Å². The summed E-state index contributed by atoms with van der Waals surface area (Å²) in [7, 11) is 1.62. The molecule has 1 N–H and O–H groups in total. The third kappa shape index (κ3) is 4.85. The summed E-state index contributed by atoms with van der Waals surface area (Å²) in [5, 5.41) is 3.25. The fourth-order valence-electron chi connectivity index (χ4n) is 2.86. The van der Waals surface area contributed by atoms with Crippen LogP contribution in [0.15, 0.2) is 34.1 Å². The number of carbonyl (C=O) groups is 1. The zero-order valence-corrected chi connectivity index (χ0v) is 18.3. The van der Waals surface area contributed by atoms with E-state index in [1.807, 2.05) is 6.07 Å². The van der Waals surface area contributed by atoms with Crippen LogP contribution in [0.25, 0.3) is 11.7 Å². The lowest BCUT2D eigenvalue weighted by Gasteiger charge is -2.14. The first-order chi connectivity index (χ1) is 13.9. The number of hydrogen-bond acceptors (Lipinski definition) is 7. The van der Waals surface area contributed by atoms with Gasteiger partial charge < -0.3 is 10.1 Å². The Bertz CT molecular complexity index is 1020. The van der Waals surface area contributed by atoms with E-state index in [1.54, 1.807) is 36.4 Å². The SMILES string of the molecule is COCCCN1C(=O)C(=Cc2c(NCC(C)C)nc3ccccn3c2=O)SC1=S. The van der Waals surface area contributed by atoms with Crippen molar-refractivity contribution in [2.75, 3.05) is 32.1 Å². The van der Waals surface area contributed by atoms with Crippen LogP contribution in [0.2, 0.25) is 0 Å². The fraction of sp³-hybridized carbons (Fsp3) is 0.400. The summed E-state index contributed by atoms with van der Waals surface area (Å²) >= 11 is 6.57. The Balaban J connectivity index is 2.00. The van der Waals surface area contributed by atoms with Gasteiger partial charge in [-0.2, -0.15) is 0 Å². The molecule has 0 spiro atoms. The quantitative estimate of drug-likeness (QED) is 0.390. The lowest BCUT2D eigenvalue weighted by molar-refractivity contribution is -0.122. The molecule has 0 bridgehead atoms. The van der Waals surface area contributed by atoms with E-state index in [0.717, 1.165) is 0 Å². The number of methoxy groups -OCH3 is 1. The summed E-state index contributed by atoms with van der Waals surface area (Å²) in [5.74, 6) is 0.654. The van der Waals surface area contributed by atoms with Crippen molar-refractivity contribution < 1.29 is 9.53 Å². The van der Waals surface area contributed by atoms with Gasteiger partial charge in [-0.25, -0.2) is 4.98 Å². The molecule has 9 heteroatoms. The lowest BCUT2D eigenvalue weighted by atomic mass is 10.2. The number of aromatic nitrogens is 2. The molecule has 1 aliphatic heterocycles. The Labute approximate surface area is 179 Å². The lowest BCUT2D eigenvalue weighted by Crippen LogP contribution is -2.29. The second-order valence-corrected chi connectivity index (χ2v) is 8.74. The maximum Gasteiger partial charge on any atom is 0.267 e. The number of pyridine rings is 1. The molecule has 0 saturated carbocycles. The molecule has 1 fully saturated rings. The van der Waals surface area contributed by atoms with E-state index in [2.05, 4.69) is 24.1 Å². The summed E-state index contributed by atoms with van der Waals surface area (Å²) < 4.78 is 7.02. The fourth-order valence-corrected chi connectivity index (χ4v) is 4.15. The maximum atomic E-state index is 13.1. The molecule has 1 saturated heterocycles. The van der Waals surface area contributed by atoms with Gasteiger partial charge in [0.15, 0.2) is 0 Å². The van der Waals surface area contributed by atoms with Crippen LogP contribution in [-0.4, -0.2) is 51.3 Å². The molecule has 3 rings (SSSR count). The van der Waals surface area contributed by atoms with Gasteiger partial charge in [0.25, 0.3) is 11.5 Å². The first kappa shape index (κ1) is 21.5. The molecule has 0 atom stereocenters. The van der Waals surface area contributed by atoms with E-state index < -0.39 is 0 Å². The molecule has 154 valence electrons. The molecule has 0 aromatic carbocycles. The predicted molar refractivity (Wildman–Crippen MR) is 121 cm³/mol. The smallest absolute Gasteiger partial charge is 0.267 e. The highest BCUT2D eigenvalue weighted by Crippen LogP contribution is 2.33. The first-order valence-electron chi connectivity index (χ1n) is 9.42. The van der Waals surface area contributed by atoms with E-state index in [-0.39, 0.29) is 11.5 Å². The zero-order chi connectivity index (χ0) is 21.0. The molecule has 1 amide bonds. The van der Waals surface area contributed by atoms with Gasteiger partial charge in [-0.15, -0.1) is 0 Å². The molecule has 2 aromatic heterocycles. The van der Waals surface area contributed by atoms with Crippen molar-refractivity contribution in [3.8, 4) is 0 Å². The number of nitrogens with zero attached hydrogens (tertiary/aromatic N) is 3. The van der Waals surface area contributed by atoms with Crippen LogP contribution in [0, 0.1) is 5.92 Å². The largest absolute Gasteiger partial charge is 0.385 e.